The van der Waals surface area contributed by atoms with E-state index >= 15 is 0 Å². The predicted octanol–water partition coefficient (Wildman–Crippen LogP) is 6.19. The molecule has 0 aliphatic carbocycles. The van der Waals surface area contributed by atoms with E-state index in [2.05, 4.69) is 15.5 Å². The van der Waals surface area contributed by atoms with E-state index in [1.807, 2.05) is 44.2 Å². The number of para-hydroxylation sites is 1. The molecule has 7 nitrogen and oxygen atoms in total. The number of benzene rings is 3. The van der Waals surface area contributed by atoms with Gasteiger partial charge in [-0.1, -0.05) is 42.5 Å². The van der Waals surface area contributed by atoms with Gasteiger partial charge in [-0.25, -0.2) is 9.78 Å². The van der Waals surface area contributed by atoms with Crippen LogP contribution in [0.25, 0.3) is 11.3 Å². The van der Waals surface area contributed by atoms with Crippen molar-refractivity contribution in [3.8, 4) is 28.5 Å². The van der Waals surface area contributed by atoms with Crippen molar-refractivity contribution in [2.45, 2.75) is 13.8 Å². The number of anilines is 1. The highest BCUT2D eigenvalue weighted by atomic mass is 32.1. The van der Waals surface area contributed by atoms with Gasteiger partial charge in [0, 0.05) is 10.4 Å². The quantitative estimate of drug-likeness (QED) is 0.131. The molecule has 0 unspecified atom stereocenters. The van der Waals surface area contributed by atoms with E-state index in [0.29, 0.717) is 34.6 Å². The maximum absolute atomic E-state index is 12.7. The lowest BCUT2D eigenvalue weighted by Crippen LogP contribution is -2.11. The summed E-state index contributed by atoms with van der Waals surface area (Å²) in [5.41, 5.74) is 6.11. The molecule has 0 aliphatic heterocycles. The number of carbonyl (C=O) groups excluding carboxylic acids is 1. The van der Waals surface area contributed by atoms with Gasteiger partial charge in [0.15, 0.2) is 11.5 Å². The zero-order valence-corrected chi connectivity index (χ0v) is 20.5. The lowest BCUT2D eigenvalue weighted by atomic mass is 10.1. The van der Waals surface area contributed by atoms with Crippen LogP contribution in [0, 0.1) is 6.92 Å². The molecule has 1 N–H and O–H groups in total. The smallest absolute Gasteiger partial charge is 0.347 e. The molecule has 4 aromatic rings. The Morgan fingerprint density at radius 3 is 2.57 bits per heavy atom. The minimum atomic E-state index is -0.528. The van der Waals surface area contributed by atoms with Crippen LogP contribution in [0.15, 0.2) is 77.9 Å². The molecule has 0 amide bonds. The molecule has 178 valence electrons. The Morgan fingerprint density at radius 1 is 1.03 bits per heavy atom. The summed E-state index contributed by atoms with van der Waals surface area (Å²) in [5, 5.41) is 5.01. The van der Waals surface area contributed by atoms with Gasteiger partial charge in [-0.2, -0.15) is 5.10 Å². The number of aryl methyl sites for hydroxylation is 1. The topological polar surface area (TPSA) is 82.0 Å². The number of esters is 1. The summed E-state index contributed by atoms with van der Waals surface area (Å²) in [7, 11) is 1.51. The lowest BCUT2D eigenvalue weighted by molar-refractivity contribution is 0.0725. The molecule has 1 heterocycles. The molecular weight excluding hydrogens is 462 g/mol. The molecule has 0 bridgehead atoms. The van der Waals surface area contributed by atoms with E-state index in [4.69, 9.17) is 14.2 Å². The van der Waals surface area contributed by atoms with Crippen molar-refractivity contribution >= 4 is 28.7 Å². The summed E-state index contributed by atoms with van der Waals surface area (Å²) >= 11 is 1.54. The average molecular weight is 488 g/mol. The zero-order chi connectivity index (χ0) is 24.6. The van der Waals surface area contributed by atoms with Crippen LogP contribution in [0.4, 0.5) is 5.13 Å². The lowest BCUT2D eigenvalue weighted by Gasteiger charge is -2.12. The number of thiazole rings is 1. The van der Waals surface area contributed by atoms with E-state index < -0.39 is 5.97 Å². The normalized spacial score (nSPS) is 10.8. The Bertz CT molecular complexity index is 1340. The first-order valence-electron chi connectivity index (χ1n) is 11.0. The second-order valence-electron chi connectivity index (χ2n) is 7.39. The second-order valence-corrected chi connectivity index (χ2v) is 8.59. The van der Waals surface area contributed by atoms with Crippen molar-refractivity contribution in [2.75, 3.05) is 19.1 Å². The average Bonchev–Trinajstić information content (AvgIpc) is 3.26. The Kier molecular flexibility index (Phi) is 7.74. The van der Waals surface area contributed by atoms with E-state index in [1.54, 1.807) is 48.7 Å². The van der Waals surface area contributed by atoms with E-state index in [9.17, 15) is 4.79 Å². The van der Waals surface area contributed by atoms with E-state index in [0.717, 1.165) is 21.7 Å². The van der Waals surface area contributed by atoms with Gasteiger partial charge in [-0.3, -0.25) is 5.43 Å². The van der Waals surface area contributed by atoms with Crippen molar-refractivity contribution in [1.29, 1.82) is 0 Å². The Labute approximate surface area is 208 Å². The van der Waals surface area contributed by atoms with Crippen LogP contribution in [0.2, 0.25) is 0 Å². The number of hydrazone groups is 1. The highest BCUT2D eigenvalue weighted by Gasteiger charge is 2.17. The molecule has 1 aromatic heterocycles. The number of nitrogens with one attached hydrogen (secondary N) is 1. The van der Waals surface area contributed by atoms with Gasteiger partial charge in [0.2, 0.25) is 5.13 Å². The van der Waals surface area contributed by atoms with E-state index in [-0.39, 0.29) is 0 Å². The summed E-state index contributed by atoms with van der Waals surface area (Å²) in [5.74, 6) is 0.671. The number of nitrogens with zero attached hydrogens (tertiary/aromatic N) is 2. The first-order chi connectivity index (χ1) is 17.1. The van der Waals surface area contributed by atoms with Crippen LogP contribution in [-0.4, -0.2) is 30.9 Å². The molecule has 4 rings (SSSR count). The van der Waals surface area contributed by atoms with E-state index in [1.165, 1.54) is 18.4 Å². The summed E-state index contributed by atoms with van der Waals surface area (Å²) < 4.78 is 16.6. The van der Waals surface area contributed by atoms with Crippen LogP contribution >= 0.6 is 11.3 Å². The monoisotopic (exact) mass is 487 g/mol. The largest absolute Gasteiger partial charge is 0.496 e. The zero-order valence-electron chi connectivity index (χ0n) is 19.6. The SMILES string of the molecule is CCOc1cc(/C=N\Nc2nc(-c3ccccc3)c(C)s2)ccc1OC(=O)c1ccccc1OC. The second kappa shape index (κ2) is 11.3. The third-order valence-electron chi connectivity index (χ3n) is 5.01. The molecule has 0 fully saturated rings. The number of ether oxygens (including phenoxy) is 3. The number of hydrogen-bond donors (Lipinski definition) is 1. The fourth-order valence-corrected chi connectivity index (χ4v) is 4.18. The molecule has 0 spiro atoms. The van der Waals surface area contributed by atoms with Gasteiger partial charge < -0.3 is 14.2 Å². The van der Waals surface area contributed by atoms with Crippen molar-refractivity contribution in [1.82, 2.24) is 4.98 Å². The number of hydrogen-bond acceptors (Lipinski definition) is 8. The van der Waals surface area contributed by atoms with Crippen molar-refractivity contribution < 1.29 is 19.0 Å². The predicted molar refractivity (Wildman–Crippen MR) is 139 cm³/mol. The number of aromatic nitrogens is 1. The highest BCUT2D eigenvalue weighted by Crippen LogP contribution is 2.31. The molecule has 0 atom stereocenters. The fraction of sp³-hybridized carbons (Fsp3) is 0.148. The van der Waals surface area contributed by atoms with Crippen molar-refractivity contribution in [3.05, 3.63) is 88.8 Å². The molecule has 35 heavy (non-hydrogen) atoms. The summed E-state index contributed by atoms with van der Waals surface area (Å²) in [6, 6.07) is 22.2. The molecule has 0 saturated carbocycles. The first-order valence-corrected chi connectivity index (χ1v) is 11.8. The summed E-state index contributed by atoms with van der Waals surface area (Å²) in [6.45, 7) is 4.32. The molecule has 0 radical (unpaired) electrons. The Morgan fingerprint density at radius 2 is 1.80 bits per heavy atom. The highest BCUT2D eigenvalue weighted by molar-refractivity contribution is 7.16. The molecule has 3 aromatic carbocycles. The molecule has 0 aliphatic rings. The van der Waals surface area contributed by atoms with Crippen molar-refractivity contribution in [2.24, 2.45) is 5.10 Å². The minimum Gasteiger partial charge on any atom is -0.496 e. The first kappa shape index (κ1) is 24.0. The summed E-state index contributed by atoms with van der Waals surface area (Å²) in [4.78, 5) is 18.5. The number of methoxy groups -OCH3 is 1. The molecule has 8 heteroatoms. The summed E-state index contributed by atoms with van der Waals surface area (Å²) in [6.07, 6.45) is 1.66. The van der Waals surface area contributed by atoms with Crippen LogP contribution in [0.3, 0.4) is 0 Å². The van der Waals surface area contributed by atoms with Crippen molar-refractivity contribution in [3.63, 3.8) is 0 Å². The molecular formula is C27H25N3O4S. The van der Waals surface area contributed by atoms with Gasteiger partial charge in [-0.05, 0) is 49.7 Å². The maximum Gasteiger partial charge on any atom is 0.347 e. The fourth-order valence-electron chi connectivity index (χ4n) is 3.40. The Balaban J connectivity index is 1.47. The van der Waals surface area contributed by atoms with Gasteiger partial charge >= 0.3 is 5.97 Å². The van der Waals surface area contributed by atoms with Gasteiger partial charge in [0.25, 0.3) is 0 Å². The van der Waals surface area contributed by atoms with Gasteiger partial charge in [0.1, 0.15) is 11.3 Å². The van der Waals surface area contributed by atoms with Crippen LogP contribution in [0.1, 0.15) is 27.7 Å². The van der Waals surface area contributed by atoms with Crippen LogP contribution in [-0.2, 0) is 0 Å². The van der Waals surface area contributed by atoms with Gasteiger partial charge in [0.05, 0.1) is 25.6 Å². The minimum absolute atomic E-state index is 0.316. The third kappa shape index (κ3) is 5.85. The third-order valence-corrected chi connectivity index (χ3v) is 5.89. The van der Waals surface area contributed by atoms with Crippen LogP contribution in [0.5, 0.6) is 17.2 Å². The van der Waals surface area contributed by atoms with Gasteiger partial charge in [-0.15, -0.1) is 11.3 Å². The number of carbonyl (C=O) groups is 1. The molecule has 0 saturated heterocycles. The Hall–Kier alpha value is -4.17. The number of rotatable bonds is 9. The standard InChI is InChI=1S/C27H25N3O4S/c1-4-33-24-16-19(14-15-23(24)34-26(31)21-12-8-9-13-22(21)32-3)17-28-30-27-29-25(18(2)35-27)20-10-6-5-7-11-20/h5-17H,4H2,1-3H3,(H,29,30)/b28-17-. The van der Waals surface area contributed by atoms with Crippen LogP contribution < -0.4 is 19.6 Å². The maximum atomic E-state index is 12.7.